The van der Waals surface area contributed by atoms with Gasteiger partial charge in [0.2, 0.25) is 0 Å². The van der Waals surface area contributed by atoms with Crippen molar-refractivity contribution < 1.29 is 4.79 Å². The second-order valence-corrected chi connectivity index (χ2v) is 7.04. The van der Waals surface area contributed by atoms with Gasteiger partial charge in [-0.15, -0.1) is 11.3 Å². The highest BCUT2D eigenvalue weighted by Gasteiger charge is 2.32. The maximum Gasteiger partial charge on any atom is 0.254 e. The number of hydrogen-bond acceptors (Lipinski definition) is 2. The SMILES string of the molecule is CCCc1ccc(C(=O)N(CCc2cccs2)C2CC2)cc1. The van der Waals surface area contributed by atoms with E-state index in [1.807, 2.05) is 12.1 Å². The molecule has 1 aliphatic carbocycles. The predicted molar refractivity (Wildman–Crippen MR) is 92.5 cm³/mol. The number of benzene rings is 1. The Labute approximate surface area is 136 Å². The van der Waals surface area contributed by atoms with Crippen molar-refractivity contribution in [1.29, 1.82) is 0 Å². The molecule has 1 aliphatic rings. The molecule has 2 nitrogen and oxygen atoms in total. The fraction of sp³-hybridized carbons (Fsp3) is 0.421. The molecule has 0 unspecified atom stereocenters. The van der Waals surface area contributed by atoms with Gasteiger partial charge in [-0.2, -0.15) is 0 Å². The van der Waals surface area contributed by atoms with Crippen molar-refractivity contribution in [2.24, 2.45) is 0 Å². The highest BCUT2D eigenvalue weighted by Crippen LogP contribution is 2.29. The first kappa shape index (κ1) is 15.3. The summed E-state index contributed by atoms with van der Waals surface area (Å²) in [5, 5.41) is 2.10. The number of carbonyl (C=O) groups excluding carboxylic acids is 1. The van der Waals surface area contributed by atoms with E-state index in [0.717, 1.165) is 44.2 Å². The molecule has 3 heteroatoms. The summed E-state index contributed by atoms with van der Waals surface area (Å²) in [7, 11) is 0. The van der Waals surface area contributed by atoms with E-state index in [4.69, 9.17) is 0 Å². The van der Waals surface area contributed by atoms with Gasteiger partial charge < -0.3 is 4.90 Å². The van der Waals surface area contributed by atoms with E-state index >= 15 is 0 Å². The average molecular weight is 313 g/mol. The minimum Gasteiger partial charge on any atom is -0.335 e. The van der Waals surface area contributed by atoms with E-state index in [0.29, 0.717) is 6.04 Å². The van der Waals surface area contributed by atoms with Crippen LogP contribution >= 0.6 is 11.3 Å². The van der Waals surface area contributed by atoms with E-state index in [2.05, 4.69) is 41.5 Å². The van der Waals surface area contributed by atoms with Gasteiger partial charge in [0.25, 0.3) is 5.91 Å². The Kier molecular flexibility index (Phi) is 4.94. The normalized spacial score (nSPS) is 14.0. The smallest absolute Gasteiger partial charge is 0.254 e. The molecule has 1 amide bonds. The Morgan fingerprint density at radius 1 is 1.18 bits per heavy atom. The van der Waals surface area contributed by atoms with Crippen LogP contribution in [0.2, 0.25) is 0 Å². The summed E-state index contributed by atoms with van der Waals surface area (Å²) >= 11 is 1.77. The van der Waals surface area contributed by atoms with Gasteiger partial charge in [-0.3, -0.25) is 4.79 Å². The molecule has 1 fully saturated rings. The van der Waals surface area contributed by atoms with Crippen molar-refractivity contribution in [3.05, 3.63) is 57.8 Å². The molecule has 1 aromatic heterocycles. The summed E-state index contributed by atoms with van der Waals surface area (Å²) in [6.45, 7) is 3.01. The van der Waals surface area contributed by atoms with Gasteiger partial charge in [0.15, 0.2) is 0 Å². The van der Waals surface area contributed by atoms with E-state index in [1.165, 1.54) is 10.4 Å². The molecule has 1 saturated carbocycles. The summed E-state index contributed by atoms with van der Waals surface area (Å²) in [4.78, 5) is 16.2. The van der Waals surface area contributed by atoms with Gasteiger partial charge in [0, 0.05) is 23.0 Å². The van der Waals surface area contributed by atoms with E-state index in [1.54, 1.807) is 11.3 Å². The van der Waals surface area contributed by atoms with Gasteiger partial charge in [0.1, 0.15) is 0 Å². The van der Waals surface area contributed by atoms with Crippen molar-refractivity contribution in [3.63, 3.8) is 0 Å². The number of thiophene rings is 1. The lowest BCUT2D eigenvalue weighted by Crippen LogP contribution is -2.34. The summed E-state index contributed by atoms with van der Waals surface area (Å²) in [5.74, 6) is 0.196. The Morgan fingerprint density at radius 3 is 2.55 bits per heavy atom. The predicted octanol–water partition coefficient (Wildman–Crippen LogP) is 4.55. The Morgan fingerprint density at radius 2 is 1.95 bits per heavy atom. The van der Waals surface area contributed by atoms with Crippen LogP contribution in [0.5, 0.6) is 0 Å². The number of amides is 1. The summed E-state index contributed by atoms with van der Waals surface area (Å²) in [5.41, 5.74) is 2.15. The van der Waals surface area contributed by atoms with Gasteiger partial charge in [0.05, 0.1) is 0 Å². The summed E-state index contributed by atoms with van der Waals surface area (Å²) in [6.07, 6.45) is 5.50. The third-order valence-corrected chi connectivity index (χ3v) is 5.10. The molecule has 0 bridgehead atoms. The molecular weight excluding hydrogens is 290 g/mol. The second kappa shape index (κ2) is 7.10. The average Bonchev–Trinajstić information content (AvgIpc) is 3.23. The van der Waals surface area contributed by atoms with Crippen molar-refractivity contribution in [2.45, 2.75) is 45.1 Å². The highest BCUT2D eigenvalue weighted by molar-refractivity contribution is 7.09. The van der Waals surface area contributed by atoms with Crippen LogP contribution in [-0.4, -0.2) is 23.4 Å². The fourth-order valence-corrected chi connectivity index (χ4v) is 3.49. The number of hydrogen-bond donors (Lipinski definition) is 0. The van der Waals surface area contributed by atoms with Gasteiger partial charge in [-0.25, -0.2) is 0 Å². The van der Waals surface area contributed by atoms with Crippen LogP contribution in [0.3, 0.4) is 0 Å². The number of nitrogens with zero attached hydrogens (tertiary/aromatic N) is 1. The minimum absolute atomic E-state index is 0.196. The Hall–Kier alpha value is -1.61. The summed E-state index contributed by atoms with van der Waals surface area (Å²) in [6, 6.07) is 12.9. The molecule has 116 valence electrons. The molecule has 0 spiro atoms. The van der Waals surface area contributed by atoms with Crippen LogP contribution in [0.25, 0.3) is 0 Å². The molecule has 0 radical (unpaired) electrons. The molecule has 0 atom stereocenters. The molecular formula is C19H23NOS. The zero-order chi connectivity index (χ0) is 15.4. The first-order chi connectivity index (χ1) is 10.8. The molecule has 3 rings (SSSR count). The molecule has 2 aromatic rings. The van der Waals surface area contributed by atoms with Crippen molar-refractivity contribution in [2.75, 3.05) is 6.54 Å². The van der Waals surface area contributed by atoms with Crippen LogP contribution in [0.15, 0.2) is 41.8 Å². The van der Waals surface area contributed by atoms with E-state index in [9.17, 15) is 4.79 Å². The maximum atomic E-state index is 12.8. The third-order valence-electron chi connectivity index (χ3n) is 4.17. The molecule has 0 N–H and O–H groups in total. The van der Waals surface area contributed by atoms with Gasteiger partial charge in [-0.05, 0) is 54.8 Å². The fourth-order valence-electron chi connectivity index (χ4n) is 2.79. The number of carbonyl (C=O) groups is 1. The number of aryl methyl sites for hydroxylation is 1. The molecule has 0 saturated heterocycles. The maximum absolute atomic E-state index is 12.8. The van der Waals surface area contributed by atoms with Gasteiger partial charge >= 0.3 is 0 Å². The first-order valence-electron chi connectivity index (χ1n) is 8.20. The Balaban J connectivity index is 1.66. The van der Waals surface area contributed by atoms with Crippen LogP contribution in [-0.2, 0) is 12.8 Å². The zero-order valence-electron chi connectivity index (χ0n) is 13.1. The quantitative estimate of drug-likeness (QED) is 0.734. The topological polar surface area (TPSA) is 20.3 Å². The monoisotopic (exact) mass is 313 g/mol. The van der Waals surface area contributed by atoms with Crippen LogP contribution in [0.4, 0.5) is 0 Å². The molecule has 1 aromatic carbocycles. The third kappa shape index (κ3) is 3.77. The lowest BCUT2D eigenvalue weighted by atomic mass is 10.1. The van der Waals surface area contributed by atoms with Crippen LogP contribution in [0.1, 0.15) is 47.0 Å². The lowest BCUT2D eigenvalue weighted by Gasteiger charge is -2.22. The standard InChI is InChI=1S/C19H23NOS/c1-2-4-15-6-8-16(9-7-15)19(21)20(17-10-11-17)13-12-18-5-3-14-22-18/h3,5-9,14,17H,2,4,10-13H2,1H3. The second-order valence-electron chi connectivity index (χ2n) is 6.01. The van der Waals surface area contributed by atoms with Crippen molar-refractivity contribution in [1.82, 2.24) is 4.90 Å². The lowest BCUT2D eigenvalue weighted by molar-refractivity contribution is 0.0745. The van der Waals surface area contributed by atoms with E-state index < -0.39 is 0 Å². The Bertz CT molecular complexity index is 599. The summed E-state index contributed by atoms with van der Waals surface area (Å²) < 4.78 is 0. The number of rotatable bonds is 7. The van der Waals surface area contributed by atoms with Crippen molar-refractivity contribution >= 4 is 17.2 Å². The minimum atomic E-state index is 0.196. The van der Waals surface area contributed by atoms with Gasteiger partial charge in [-0.1, -0.05) is 31.5 Å². The molecule has 1 heterocycles. The van der Waals surface area contributed by atoms with Crippen molar-refractivity contribution in [3.8, 4) is 0 Å². The highest BCUT2D eigenvalue weighted by atomic mass is 32.1. The van der Waals surface area contributed by atoms with Crippen LogP contribution in [0, 0.1) is 0 Å². The first-order valence-corrected chi connectivity index (χ1v) is 9.08. The largest absolute Gasteiger partial charge is 0.335 e. The molecule has 0 aliphatic heterocycles. The zero-order valence-corrected chi connectivity index (χ0v) is 13.9. The molecule has 22 heavy (non-hydrogen) atoms. The van der Waals surface area contributed by atoms with E-state index in [-0.39, 0.29) is 5.91 Å². The van der Waals surface area contributed by atoms with Crippen LogP contribution < -0.4 is 0 Å².